The Kier molecular flexibility index (Phi) is 7.74. The predicted octanol–water partition coefficient (Wildman–Crippen LogP) is 3.88. The van der Waals surface area contributed by atoms with Crippen LogP contribution in [0.4, 0.5) is 13.2 Å². The average molecular weight is 398 g/mol. The van der Waals surface area contributed by atoms with Crippen LogP contribution >= 0.6 is 0 Å². The number of aromatic nitrogens is 1. The number of halogens is 3. The van der Waals surface area contributed by atoms with Crippen molar-refractivity contribution in [1.29, 1.82) is 5.26 Å². The van der Waals surface area contributed by atoms with Gasteiger partial charge in [-0.15, -0.1) is 0 Å². The lowest BCUT2D eigenvalue weighted by Crippen LogP contribution is -2.29. The van der Waals surface area contributed by atoms with E-state index in [4.69, 9.17) is 4.74 Å². The van der Waals surface area contributed by atoms with Gasteiger partial charge in [0.05, 0.1) is 18.0 Å². The third kappa shape index (κ3) is 5.56. The summed E-state index contributed by atoms with van der Waals surface area (Å²) in [5.41, 5.74) is 3.51. The van der Waals surface area contributed by atoms with E-state index in [1.165, 1.54) is 5.57 Å². The van der Waals surface area contributed by atoms with Crippen molar-refractivity contribution in [2.24, 2.45) is 0 Å². The van der Waals surface area contributed by atoms with E-state index in [9.17, 15) is 18.4 Å². The number of hydrogen-bond acceptors (Lipinski definition) is 2. The molecule has 0 bridgehead atoms. The van der Waals surface area contributed by atoms with Crippen LogP contribution in [0, 0.1) is 23.2 Å². The van der Waals surface area contributed by atoms with Gasteiger partial charge in [-0.1, -0.05) is 29.7 Å². The fourth-order valence-corrected chi connectivity index (χ4v) is 3.06. The fourth-order valence-electron chi connectivity index (χ4n) is 3.06. The molecule has 0 amide bonds. The summed E-state index contributed by atoms with van der Waals surface area (Å²) in [7, 11) is 1.64. The third-order valence-electron chi connectivity index (χ3n) is 4.29. The van der Waals surface area contributed by atoms with Crippen LogP contribution in [0.3, 0.4) is 0 Å². The van der Waals surface area contributed by atoms with Gasteiger partial charge in [0, 0.05) is 17.3 Å². The number of rotatable bonds is 2. The lowest BCUT2D eigenvalue weighted by Gasteiger charge is -2.02. The van der Waals surface area contributed by atoms with Crippen molar-refractivity contribution in [3.05, 3.63) is 63.3 Å². The first-order valence-corrected chi connectivity index (χ1v) is 9.00. The highest BCUT2D eigenvalue weighted by Crippen LogP contribution is 2.12. The van der Waals surface area contributed by atoms with Gasteiger partial charge in [-0.3, -0.25) is 0 Å². The first kappa shape index (κ1) is 21.9. The number of ether oxygens (including phenoxy) is 1. The highest BCUT2D eigenvalue weighted by atomic mass is 19.4. The van der Waals surface area contributed by atoms with Gasteiger partial charge in [0.1, 0.15) is 17.5 Å². The minimum Gasteiger partial charge on any atom is -0.497 e. The third-order valence-corrected chi connectivity index (χ3v) is 4.29. The summed E-state index contributed by atoms with van der Waals surface area (Å²) in [5, 5.41) is 11.8. The summed E-state index contributed by atoms with van der Waals surface area (Å²) in [6, 6.07) is 10.0. The smallest absolute Gasteiger partial charge is 0.379 e. The van der Waals surface area contributed by atoms with Gasteiger partial charge in [0.15, 0.2) is 0 Å². The number of fused-ring (bicyclic) bond motifs is 1. The Morgan fingerprint density at radius 3 is 2.55 bits per heavy atom. The fraction of sp³-hybridized carbons (Fsp3) is 0.261. The molecule has 0 N–H and O–H groups in total. The molecule has 0 aliphatic heterocycles. The first-order chi connectivity index (χ1) is 13.9. The van der Waals surface area contributed by atoms with E-state index in [-0.39, 0.29) is 0 Å². The maximum atomic E-state index is 9.72. The number of alkyl halides is 3. The Morgan fingerprint density at radius 1 is 1.21 bits per heavy atom. The van der Waals surface area contributed by atoms with Gasteiger partial charge in [0.2, 0.25) is 0 Å². The van der Waals surface area contributed by atoms with E-state index < -0.39 is 6.68 Å². The SMILES string of the molecule is CCn1c(C#Cc2cccc(OC)c2)c(C#N)c2c1=CC(C)=CCC=2.FC(F)F. The molecule has 0 saturated carbocycles. The Bertz CT molecular complexity index is 1120. The van der Waals surface area contributed by atoms with Crippen LogP contribution in [0.15, 0.2) is 35.9 Å². The summed E-state index contributed by atoms with van der Waals surface area (Å²) >= 11 is 0. The minimum absolute atomic E-state index is 0.659. The number of nitriles is 1. The molecule has 3 nitrogen and oxygen atoms in total. The standard InChI is InChI=1S/C22H20N2O.CHF3/c1-4-24-21(12-11-17-8-6-9-18(14-17)25-3)20(15-23)19-10-5-7-16(2)13-22(19)24;2-1(3)4/h6-10,13-14H,4-5H2,1-3H3;1H. The van der Waals surface area contributed by atoms with Crippen molar-refractivity contribution < 1.29 is 17.9 Å². The second-order valence-electron chi connectivity index (χ2n) is 6.14. The lowest BCUT2D eigenvalue weighted by atomic mass is 10.1. The Morgan fingerprint density at radius 2 is 1.93 bits per heavy atom. The summed E-state index contributed by atoms with van der Waals surface area (Å²) < 4.78 is 36.4. The second-order valence-corrected chi connectivity index (χ2v) is 6.14. The van der Waals surface area contributed by atoms with Crippen LogP contribution < -0.4 is 15.3 Å². The molecule has 1 aliphatic rings. The van der Waals surface area contributed by atoms with Crippen molar-refractivity contribution in [3.8, 4) is 23.7 Å². The van der Waals surface area contributed by atoms with Gasteiger partial charge in [0.25, 0.3) is 0 Å². The molecule has 1 aromatic heterocycles. The van der Waals surface area contributed by atoms with E-state index in [1.54, 1.807) is 7.11 Å². The number of methoxy groups -OCH3 is 1. The predicted molar refractivity (Wildman–Crippen MR) is 107 cm³/mol. The van der Waals surface area contributed by atoms with Crippen LogP contribution in [0.2, 0.25) is 0 Å². The molecule has 0 unspecified atom stereocenters. The van der Waals surface area contributed by atoms with Gasteiger partial charge in [-0.25, -0.2) is 0 Å². The summed E-state index contributed by atoms with van der Waals surface area (Å²) in [5.74, 6) is 7.17. The maximum absolute atomic E-state index is 9.72. The van der Waals surface area contributed by atoms with Gasteiger partial charge in [-0.05, 0) is 50.5 Å². The number of hydrogen-bond donors (Lipinski definition) is 0. The maximum Gasteiger partial charge on any atom is 0.379 e. The number of nitrogens with zero attached hydrogens (tertiary/aromatic N) is 2. The molecule has 1 heterocycles. The highest BCUT2D eigenvalue weighted by Gasteiger charge is 2.13. The Balaban J connectivity index is 0.000000687. The molecule has 29 heavy (non-hydrogen) atoms. The van der Waals surface area contributed by atoms with Crippen molar-refractivity contribution in [3.63, 3.8) is 0 Å². The zero-order valence-corrected chi connectivity index (χ0v) is 16.5. The van der Waals surface area contributed by atoms with Crippen LogP contribution in [-0.2, 0) is 6.54 Å². The molecule has 1 aliphatic carbocycles. The quantitative estimate of drug-likeness (QED) is 0.720. The number of allylic oxidation sites excluding steroid dienone is 2. The molecular formula is C23H21F3N2O. The summed E-state index contributed by atoms with van der Waals surface area (Å²) in [6.07, 6.45) is 7.26. The van der Waals surface area contributed by atoms with Crippen molar-refractivity contribution in [2.75, 3.05) is 7.11 Å². The molecule has 6 heteroatoms. The zero-order valence-electron chi connectivity index (χ0n) is 16.5. The molecular weight excluding hydrogens is 377 g/mol. The van der Waals surface area contributed by atoms with E-state index >= 15 is 0 Å². The Labute approximate surface area is 168 Å². The molecule has 150 valence electrons. The molecule has 0 saturated heterocycles. The molecule has 0 atom stereocenters. The zero-order chi connectivity index (χ0) is 21.4. The van der Waals surface area contributed by atoms with Gasteiger partial charge < -0.3 is 9.30 Å². The van der Waals surface area contributed by atoms with Gasteiger partial charge >= 0.3 is 6.68 Å². The van der Waals surface area contributed by atoms with E-state index in [0.29, 0.717) is 5.56 Å². The molecule has 1 aromatic carbocycles. The number of benzene rings is 1. The largest absolute Gasteiger partial charge is 0.497 e. The van der Waals surface area contributed by atoms with E-state index in [1.807, 2.05) is 24.3 Å². The van der Waals surface area contributed by atoms with Crippen molar-refractivity contribution in [1.82, 2.24) is 4.57 Å². The molecule has 0 fully saturated rings. The summed E-state index contributed by atoms with van der Waals surface area (Å²) in [4.78, 5) is 0. The first-order valence-electron chi connectivity index (χ1n) is 9.00. The topological polar surface area (TPSA) is 38.0 Å². The molecule has 0 radical (unpaired) electrons. The van der Waals surface area contributed by atoms with E-state index in [0.717, 1.165) is 40.5 Å². The molecule has 2 aromatic rings. The van der Waals surface area contributed by atoms with Gasteiger partial charge in [-0.2, -0.15) is 18.4 Å². The highest BCUT2D eigenvalue weighted by molar-refractivity contribution is 5.58. The van der Waals surface area contributed by atoms with Crippen LogP contribution in [0.1, 0.15) is 37.1 Å². The van der Waals surface area contributed by atoms with Crippen molar-refractivity contribution >= 4 is 12.2 Å². The van der Waals surface area contributed by atoms with Crippen LogP contribution in [0.25, 0.3) is 12.2 Å². The molecule has 3 rings (SSSR count). The van der Waals surface area contributed by atoms with E-state index in [2.05, 4.69) is 54.6 Å². The second kappa shape index (κ2) is 10.2. The van der Waals surface area contributed by atoms with Crippen molar-refractivity contribution in [2.45, 2.75) is 33.5 Å². The van der Waals surface area contributed by atoms with Crippen LogP contribution in [0.5, 0.6) is 5.75 Å². The Hall–Kier alpha value is -3.38. The summed E-state index contributed by atoms with van der Waals surface area (Å²) in [6.45, 7) is 1.27. The lowest BCUT2D eigenvalue weighted by molar-refractivity contribution is 0.00819. The molecule has 0 spiro atoms. The average Bonchev–Trinajstić information content (AvgIpc) is 2.83. The normalized spacial score (nSPS) is 11.9. The monoisotopic (exact) mass is 398 g/mol. The van der Waals surface area contributed by atoms with Crippen LogP contribution in [-0.4, -0.2) is 18.4 Å². The minimum atomic E-state index is -3.67.